The van der Waals surface area contributed by atoms with E-state index in [1.807, 2.05) is 66.0 Å². The van der Waals surface area contributed by atoms with Gasteiger partial charge in [-0.1, -0.05) is 29.8 Å². The molecule has 0 saturated carbocycles. The van der Waals surface area contributed by atoms with Crippen molar-refractivity contribution in [3.8, 4) is 0 Å². The molecule has 1 amide bonds. The van der Waals surface area contributed by atoms with Crippen LogP contribution in [0.15, 0.2) is 71.1 Å². The molecule has 1 N–H and O–H groups in total. The number of carbonyl (C=O) groups excluding carboxylic acids is 1. The molecule has 7 heteroatoms. The van der Waals surface area contributed by atoms with E-state index in [9.17, 15) is 4.79 Å². The lowest BCUT2D eigenvalue weighted by Crippen LogP contribution is -2.15. The number of nitrogens with zero attached hydrogens (tertiary/aromatic N) is 3. The van der Waals surface area contributed by atoms with Crippen LogP contribution in [0.4, 0.5) is 5.69 Å². The second-order valence-corrected chi connectivity index (χ2v) is 8.02. The van der Waals surface area contributed by atoms with E-state index in [1.165, 1.54) is 11.8 Å². The molecule has 0 aliphatic carbocycles. The third-order valence-corrected chi connectivity index (χ3v) is 5.91. The third-order valence-electron chi connectivity index (χ3n) is 4.52. The van der Waals surface area contributed by atoms with E-state index in [0.29, 0.717) is 17.1 Å². The molecule has 0 radical (unpaired) electrons. The van der Waals surface area contributed by atoms with Gasteiger partial charge in [0.1, 0.15) is 0 Å². The molecule has 4 aromatic rings. The van der Waals surface area contributed by atoms with Gasteiger partial charge in [0, 0.05) is 53.5 Å². The number of aryl methyl sites for hydroxylation is 2. The quantitative estimate of drug-likeness (QED) is 0.509. The first-order chi connectivity index (χ1) is 13.5. The number of nitrogens with one attached hydrogen (secondary N) is 1. The second kappa shape index (κ2) is 7.73. The molecule has 2 aromatic heterocycles. The van der Waals surface area contributed by atoms with Crippen LogP contribution in [-0.2, 0) is 25.3 Å². The number of para-hydroxylation sites is 1. The highest BCUT2D eigenvalue weighted by atomic mass is 35.5. The third kappa shape index (κ3) is 3.79. The summed E-state index contributed by atoms with van der Waals surface area (Å²) >= 11 is 7.66. The van der Waals surface area contributed by atoms with Crippen molar-refractivity contribution in [1.29, 1.82) is 0 Å². The van der Waals surface area contributed by atoms with Gasteiger partial charge in [0.25, 0.3) is 0 Å². The fraction of sp³-hybridized carbons (Fsp3) is 0.143. The first-order valence-electron chi connectivity index (χ1n) is 8.79. The maximum atomic E-state index is 12.8. The van der Waals surface area contributed by atoms with Crippen molar-refractivity contribution in [3.63, 3.8) is 0 Å². The Balaban J connectivity index is 1.57. The van der Waals surface area contributed by atoms with Crippen LogP contribution in [0, 0.1) is 0 Å². The van der Waals surface area contributed by atoms with E-state index >= 15 is 0 Å². The molecule has 0 saturated heterocycles. The lowest BCUT2D eigenvalue weighted by Gasteiger charge is -2.11. The van der Waals surface area contributed by atoms with Gasteiger partial charge in [0.15, 0.2) is 5.16 Å². The summed E-state index contributed by atoms with van der Waals surface area (Å²) in [5, 5.41) is 5.52. The molecule has 0 aliphatic heterocycles. The van der Waals surface area contributed by atoms with Crippen molar-refractivity contribution < 1.29 is 4.79 Å². The van der Waals surface area contributed by atoms with Crippen LogP contribution in [0.2, 0.25) is 5.02 Å². The molecule has 0 atom stereocenters. The standard InChI is InChI=1S/C21H19ClN4OS/c1-25-10-9-23-21(25)28-19-8-7-15(22)12-17(19)24-20(27)11-14-13-26(2)18-6-4-3-5-16(14)18/h3-10,12-13H,11H2,1-2H3,(H,24,27). The van der Waals surface area contributed by atoms with Gasteiger partial charge >= 0.3 is 0 Å². The largest absolute Gasteiger partial charge is 0.350 e. The van der Waals surface area contributed by atoms with Crippen LogP contribution in [0.3, 0.4) is 0 Å². The van der Waals surface area contributed by atoms with Crippen molar-refractivity contribution in [1.82, 2.24) is 14.1 Å². The zero-order chi connectivity index (χ0) is 19.7. The van der Waals surface area contributed by atoms with Gasteiger partial charge in [0.05, 0.1) is 12.1 Å². The minimum atomic E-state index is -0.0830. The summed E-state index contributed by atoms with van der Waals surface area (Å²) in [5.74, 6) is -0.0830. The van der Waals surface area contributed by atoms with Gasteiger partial charge in [-0.2, -0.15) is 0 Å². The van der Waals surface area contributed by atoms with Crippen LogP contribution >= 0.6 is 23.4 Å². The number of imidazole rings is 1. The summed E-state index contributed by atoms with van der Waals surface area (Å²) in [6.07, 6.45) is 5.93. The van der Waals surface area contributed by atoms with Crippen molar-refractivity contribution in [2.45, 2.75) is 16.5 Å². The van der Waals surface area contributed by atoms with Crippen molar-refractivity contribution in [2.75, 3.05) is 5.32 Å². The number of halogens is 1. The van der Waals surface area contributed by atoms with E-state index < -0.39 is 0 Å². The minimum absolute atomic E-state index is 0.0830. The number of amides is 1. The molecule has 0 aliphatic rings. The van der Waals surface area contributed by atoms with Gasteiger partial charge in [-0.3, -0.25) is 4.79 Å². The molecule has 2 aromatic carbocycles. The van der Waals surface area contributed by atoms with Gasteiger partial charge < -0.3 is 14.5 Å². The molecule has 4 rings (SSSR count). The number of aromatic nitrogens is 3. The van der Waals surface area contributed by atoms with Gasteiger partial charge in [-0.25, -0.2) is 4.98 Å². The Morgan fingerprint density at radius 1 is 1.18 bits per heavy atom. The Labute approximate surface area is 172 Å². The average Bonchev–Trinajstić information content (AvgIpc) is 3.21. The van der Waals surface area contributed by atoms with Crippen LogP contribution in [-0.4, -0.2) is 20.0 Å². The number of hydrogen-bond donors (Lipinski definition) is 1. The smallest absolute Gasteiger partial charge is 0.228 e. The Morgan fingerprint density at radius 2 is 2.00 bits per heavy atom. The Kier molecular flexibility index (Phi) is 5.15. The summed E-state index contributed by atoms with van der Waals surface area (Å²) in [4.78, 5) is 18.0. The van der Waals surface area contributed by atoms with Crippen LogP contribution in [0.5, 0.6) is 0 Å². The fourth-order valence-electron chi connectivity index (χ4n) is 3.17. The van der Waals surface area contributed by atoms with Crippen LogP contribution < -0.4 is 5.32 Å². The molecule has 0 bridgehead atoms. The zero-order valence-corrected chi connectivity index (χ0v) is 17.1. The highest BCUT2D eigenvalue weighted by Crippen LogP contribution is 2.34. The van der Waals surface area contributed by atoms with Gasteiger partial charge in [-0.05, 0) is 41.6 Å². The van der Waals surface area contributed by atoms with E-state index in [2.05, 4.69) is 16.4 Å². The maximum absolute atomic E-state index is 12.8. The number of benzene rings is 2. The normalized spacial score (nSPS) is 11.1. The highest BCUT2D eigenvalue weighted by molar-refractivity contribution is 7.99. The molecular formula is C21H19ClN4OS. The first kappa shape index (κ1) is 18.7. The molecule has 0 fully saturated rings. The number of carbonyl (C=O) groups is 1. The lowest BCUT2D eigenvalue weighted by atomic mass is 10.1. The predicted octanol–water partition coefficient (Wildman–Crippen LogP) is 4.90. The monoisotopic (exact) mass is 410 g/mol. The van der Waals surface area contributed by atoms with Crippen LogP contribution in [0.1, 0.15) is 5.56 Å². The van der Waals surface area contributed by atoms with Crippen molar-refractivity contribution >= 4 is 45.9 Å². The first-order valence-corrected chi connectivity index (χ1v) is 9.98. The second-order valence-electron chi connectivity index (χ2n) is 6.57. The molecule has 2 heterocycles. The van der Waals surface area contributed by atoms with E-state index in [0.717, 1.165) is 26.5 Å². The number of fused-ring (bicyclic) bond motifs is 1. The minimum Gasteiger partial charge on any atom is -0.350 e. The maximum Gasteiger partial charge on any atom is 0.228 e. The number of rotatable bonds is 5. The number of hydrogen-bond acceptors (Lipinski definition) is 3. The zero-order valence-electron chi connectivity index (χ0n) is 15.5. The van der Waals surface area contributed by atoms with Crippen molar-refractivity contribution in [2.24, 2.45) is 14.1 Å². The molecule has 28 heavy (non-hydrogen) atoms. The fourth-order valence-corrected chi connectivity index (χ4v) is 4.21. The molecule has 0 unspecified atom stereocenters. The van der Waals surface area contributed by atoms with E-state index in [4.69, 9.17) is 11.6 Å². The predicted molar refractivity (Wildman–Crippen MR) is 114 cm³/mol. The Hall–Kier alpha value is -2.70. The molecule has 0 spiro atoms. The van der Waals surface area contributed by atoms with E-state index in [1.54, 1.807) is 12.3 Å². The Bertz CT molecular complexity index is 1160. The van der Waals surface area contributed by atoms with E-state index in [-0.39, 0.29) is 5.91 Å². The van der Waals surface area contributed by atoms with Crippen LogP contribution in [0.25, 0.3) is 10.9 Å². The topological polar surface area (TPSA) is 51.9 Å². The SMILES string of the molecule is Cn1ccnc1Sc1ccc(Cl)cc1NC(=O)Cc1cn(C)c2ccccc12. The summed E-state index contributed by atoms with van der Waals surface area (Å²) < 4.78 is 3.97. The summed E-state index contributed by atoms with van der Waals surface area (Å²) in [7, 11) is 3.92. The Morgan fingerprint density at radius 3 is 2.79 bits per heavy atom. The summed E-state index contributed by atoms with van der Waals surface area (Å²) in [6.45, 7) is 0. The summed E-state index contributed by atoms with van der Waals surface area (Å²) in [6, 6.07) is 13.6. The lowest BCUT2D eigenvalue weighted by molar-refractivity contribution is -0.115. The summed E-state index contributed by atoms with van der Waals surface area (Å²) in [5.41, 5.74) is 2.79. The van der Waals surface area contributed by atoms with Gasteiger partial charge in [0.2, 0.25) is 5.91 Å². The number of anilines is 1. The highest BCUT2D eigenvalue weighted by Gasteiger charge is 2.14. The van der Waals surface area contributed by atoms with Gasteiger partial charge in [-0.15, -0.1) is 0 Å². The molecule has 142 valence electrons. The molecular weight excluding hydrogens is 392 g/mol. The molecule has 5 nitrogen and oxygen atoms in total. The average molecular weight is 411 g/mol. The van der Waals surface area contributed by atoms with Crippen molar-refractivity contribution in [3.05, 3.63) is 71.6 Å².